The molecule has 0 unspecified atom stereocenters. The minimum Gasteiger partial charge on any atom is -0.466 e. The van der Waals surface area contributed by atoms with Gasteiger partial charge in [0.15, 0.2) is 0 Å². The highest BCUT2D eigenvalue weighted by Gasteiger charge is 2.40. The second-order valence-corrected chi connectivity index (χ2v) is 5.76. The second kappa shape index (κ2) is 6.92. The van der Waals surface area contributed by atoms with Crippen LogP contribution >= 0.6 is 0 Å². The van der Waals surface area contributed by atoms with Crippen LogP contribution in [-0.2, 0) is 9.53 Å². The molecule has 20 heavy (non-hydrogen) atoms. The normalized spacial score (nSPS) is 18.0. The molecule has 2 amide bonds. The first-order chi connectivity index (χ1) is 9.32. The molecule has 0 spiro atoms. The van der Waals surface area contributed by atoms with Gasteiger partial charge in [-0.05, 0) is 33.9 Å². The first kappa shape index (κ1) is 16.8. The number of amides is 2. The standard InChI is InChI=1S/C14H27N3O3/c1-6-20-12(18)11-14(16(4)5)7-9-17(10-8-14)13(19)15(2)3/h6-11H2,1-5H3. The Labute approximate surface area is 121 Å². The molecule has 0 atom stereocenters. The van der Waals surface area contributed by atoms with Crippen LogP contribution in [0.2, 0.25) is 0 Å². The summed E-state index contributed by atoms with van der Waals surface area (Å²) >= 11 is 0. The van der Waals surface area contributed by atoms with Gasteiger partial charge in [-0.2, -0.15) is 0 Å². The number of esters is 1. The molecule has 116 valence electrons. The summed E-state index contributed by atoms with van der Waals surface area (Å²) in [7, 11) is 7.49. The Morgan fingerprint density at radius 2 is 1.70 bits per heavy atom. The predicted molar refractivity (Wildman–Crippen MR) is 77.6 cm³/mol. The maximum absolute atomic E-state index is 12.0. The molecule has 0 radical (unpaired) electrons. The van der Waals surface area contributed by atoms with Crippen LogP contribution in [0, 0.1) is 0 Å². The Bertz CT molecular complexity index is 348. The monoisotopic (exact) mass is 285 g/mol. The van der Waals surface area contributed by atoms with Gasteiger partial charge in [-0.1, -0.05) is 0 Å². The van der Waals surface area contributed by atoms with Crippen molar-refractivity contribution in [2.45, 2.75) is 31.7 Å². The molecule has 1 saturated heterocycles. The fraction of sp³-hybridized carbons (Fsp3) is 0.857. The molecule has 1 aliphatic heterocycles. The average molecular weight is 285 g/mol. The Kier molecular flexibility index (Phi) is 5.80. The van der Waals surface area contributed by atoms with Crippen LogP contribution in [0.5, 0.6) is 0 Å². The number of carbonyl (C=O) groups excluding carboxylic acids is 2. The molecule has 1 fully saturated rings. The van der Waals surface area contributed by atoms with Crippen molar-refractivity contribution in [2.75, 3.05) is 47.9 Å². The highest BCUT2D eigenvalue weighted by Crippen LogP contribution is 2.31. The number of hydrogen-bond donors (Lipinski definition) is 0. The molecule has 0 N–H and O–H groups in total. The van der Waals surface area contributed by atoms with E-state index in [0.29, 0.717) is 26.1 Å². The molecule has 6 heteroatoms. The summed E-state index contributed by atoms with van der Waals surface area (Å²) < 4.78 is 5.08. The lowest BCUT2D eigenvalue weighted by atomic mass is 9.83. The first-order valence-corrected chi connectivity index (χ1v) is 7.11. The summed E-state index contributed by atoms with van der Waals surface area (Å²) in [6, 6.07) is 0.0356. The van der Waals surface area contributed by atoms with Crippen LogP contribution in [0.3, 0.4) is 0 Å². The Balaban J connectivity index is 2.68. The number of nitrogens with zero attached hydrogens (tertiary/aromatic N) is 3. The van der Waals surface area contributed by atoms with Crippen LogP contribution in [0.15, 0.2) is 0 Å². The summed E-state index contributed by atoms with van der Waals surface area (Å²) in [6.45, 7) is 3.58. The molecule has 1 heterocycles. The molecule has 0 bridgehead atoms. The smallest absolute Gasteiger partial charge is 0.319 e. The highest BCUT2D eigenvalue weighted by atomic mass is 16.5. The van der Waals surface area contributed by atoms with Gasteiger partial charge in [0.2, 0.25) is 0 Å². The molecule has 0 saturated carbocycles. The molecule has 0 aromatic rings. The molecular formula is C14H27N3O3. The molecular weight excluding hydrogens is 258 g/mol. The van der Waals surface area contributed by atoms with E-state index in [-0.39, 0.29) is 17.5 Å². The molecule has 6 nitrogen and oxygen atoms in total. The van der Waals surface area contributed by atoms with E-state index in [9.17, 15) is 9.59 Å². The van der Waals surface area contributed by atoms with Gasteiger partial charge in [0.1, 0.15) is 0 Å². The van der Waals surface area contributed by atoms with E-state index in [1.54, 1.807) is 19.0 Å². The van der Waals surface area contributed by atoms with Gasteiger partial charge < -0.3 is 19.4 Å². The largest absolute Gasteiger partial charge is 0.466 e. The molecule has 0 aromatic carbocycles. The summed E-state index contributed by atoms with van der Waals surface area (Å²) in [4.78, 5) is 29.3. The predicted octanol–water partition coefficient (Wildman–Crippen LogP) is 1.02. The Morgan fingerprint density at radius 1 is 1.15 bits per heavy atom. The number of ether oxygens (including phenoxy) is 1. The van der Waals surface area contributed by atoms with Gasteiger partial charge in [0, 0.05) is 32.7 Å². The van der Waals surface area contributed by atoms with Crippen LogP contribution < -0.4 is 0 Å². The lowest BCUT2D eigenvalue weighted by Gasteiger charge is -2.46. The zero-order valence-corrected chi connectivity index (χ0v) is 13.3. The van der Waals surface area contributed by atoms with Crippen LogP contribution in [0.1, 0.15) is 26.2 Å². The lowest BCUT2D eigenvalue weighted by molar-refractivity contribution is -0.147. The number of piperidine rings is 1. The van der Waals surface area contributed by atoms with Crippen molar-refractivity contribution in [1.82, 2.24) is 14.7 Å². The van der Waals surface area contributed by atoms with Crippen molar-refractivity contribution in [3.05, 3.63) is 0 Å². The lowest BCUT2D eigenvalue weighted by Crippen LogP contribution is -2.56. The maximum Gasteiger partial charge on any atom is 0.319 e. The van der Waals surface area contributed by atoms with E-state index in [1.807, 2.05) is 25.9 Å². The van der Waals surface area contributed by atoms with Crippen LogP contribution in [0.25, 0.3) is 0 Å². The third kappa shape index (κ3) is 3.85. The third-order valence-corrected chi connectivity index (χ3v) is 4.07. The molecule has 1 aliphatic rings. The minimum absolute atomic E-state index is 0.0356. The average Bonchev–Trinajstić information content (AvgIpc) is 2.38. The number of carbonyl (C=O) groups is 2. The first-order valence-electron chi connectivity index (χ1n) is 7.11. The number of rotatable bonds is 4. The van der Waals surface area contributed by atoms with Crippen molar-refractivity contribution >= 4 is 12.0 Å². The van der Waals surface area contributed by atoms with Crippen molar-refractivity contribution < 1.29 is 14.3 Å². The van der Waals surface area contributed by atoms with Gasteiger partial charge in [0.25, 0.3) is 0 Å². The number of likely N-dealkylation sites (tertiary alicyclic amines) is 1. The molecule has 0 aliphatic carbocycles. The fourth-order valence-electron chi connectivity index (χ4n) is 2.66. The quantitative estimate of drug-likeness (QED) is 0.724. The highest BCUT2D eigenvalue weighted by molar-refractivity contribution is 5.74. The maximum atomic E-state index is 12.0. The number of hydrogen-bond acceptors (Lipinski definition) is 4. The molecule has 1 rings (SSSR count). The number of urea groups is 1. The van der Waals surface area contributed by atoms with Gasteiger partial charge in [-0.3, -0.25) is 4.79 Å². The van der Waals surface area contributed by atoms with Crippen molar-refractivity contribution in [3.63, 3.8) is 0 Å². The van der Waals surface area contributed by atoms with E-state index in [0.717, 1.165) is 12.8 Å². The Morgan fingerprint density at radius 3 is 2.10 bits per heavy atom. The van der Waals surface area contributed by atoms with E-state index in [4.69, 9.17) is 4.74 Å². The van der Waals surface area contributed by atoms with Crippen molar-refractivity contribution in [2.24, 2.45) is 0 Å². The van der Waals surface area contributed by atoms with Gasteiger partial charge in [0.05, 0.1) is 13.0 Å². The topological polar surface area (TPSA) is 53.1 Å². The van der Waals surface area contributed by atoms with E-state index < -0.39 is 0 Å². The van der Waals surface area contributed by atoms with E-state index >= 15 is 0 Å². The zero-order chi connectivity index (χ0) is 15.3. The van der Waals surface area contributed by atoms with Crippen LogP contribution in [0.4, 0.5) is 4.79 Å². The zero-order valence-electron chi connectivity index (χ0n) is 13.3. The van der Waals surface area contributed by atoms with Crippen molar-refractivity contribution in [1.29, 1.82) is 0 Å². The summed E-state index contributed by atoms with van der Waals surface area (Å²) in [5.74, 6) is -0.159. The van der Waals surface area contributed by atoms with E-state index in [1.165, 1.54) is 0 Å². The van der Waals surface area contributed by atoms with Gasteiger partial charge >= 0.3 is 12.0 Å². The third-order valence-electron chi connectivity index (χ3n) is 4.07. The summed E-state index contributed by atoms with van der Waals surface area (Å²) in [6.07, 6.45) is 1.97. The van der Waals surface area contributed by atoms with Gasteiger partial charge in [-0.25, -0.2) is 4.79 Å². The summed E-state index contributed by atoms with van der Waals surface area (Å²) in [5.41, 5.74) is -0.199. The minimum atomic E-state index is -0.199. The Hall–Kier alpha value is -1.30. The van der Waals surface area contributed by atoms with Gasteiger partial charge in [-0.15, -0.1) is 0 Å². The van der Waals surface area contributed by atoms with E-state index in [2.05, 4.69) is 4.90 Å². The summed E-state index contributed by atoms with van der Waals surface area (Å²) in [5, 5.41) is 0. The van der Waals surface area contributed by atoms with Crippen molar-refractivity contribution in [3.8, 4) is 0 Å². The SMILES string of the molecule is CCOC(=O)CC1(N(C)C)CCN(C(=O)N(C)C)CC1. The van der Waals surface area contributed by atoms with Crippen LogP contribution in [-0.4, -0.2) is 80.1 Å². The second-order valence-electron chi connectivity index (χ2n) is 5.76. The molecule has 0 aromatic heterocycles. The fourth-order valence-corrected chi connectivity index (χ4v) is 2.66.